The Balaban J connectivity index is 1.85. The van der Waals surface area contributed by atoms with Crippen molar-refractivity contribution in [1.29, 1.82) is 0 Å². The number of rotatable bonds is 10. The summed E-state index contributed by atoms with van der Waals surface area (Å²) in [5.74, 6) is 0.248. The van der Waals surface area contributed by atoms with Gasteiger partial charge in [-0.3, -0.25) is 9.69 Å². The number of thiophene rings is 1. The molecule has 2 rings (SSSR count). The molecule has 0 bridgehead atoms. The number of unbranched alkanes of at least 4 members (excludes halogenated alkanes) is 3. The van der Waals surface area contributed by atoms with Crippen LogP contribution in [-0.4, -0.2) is 62.1 Å². The normalized spacial score (nSPS) is 16.9. The SMILES string of the molecule is CN(CC(c1cccs1)N1CCOCC1)C(=O)CCCCCCN. The van der Waals surface area contributed by atoms with Crippen molar-refractivity contribution in [3.8, 4) is 0 Å². The van der Waals surface area contributed by atoms with Gasteiger partial charge in [-0.25, -0.2) is 0 Å². The second-order valence-electron chi connectivity index (χ2n) is 6.41. The summed E-state index contributed by atoms with van der Waals surface area (Å²) < 4.78 is 5.48. The molecule has 1 amide bonds. The number of amides is 1. The van der Waals surface area contributed by atoms with Gasteiger partial charge in [0, 0.05) is 38.0 Å². The van der Waals surface area contributed by atoms with Crippen LogP contribution in [0.5, 0.6) is 0 Å². The highest BCUT2D eigenvalue weighted by Gasteiger charge is 2.25. The Labute approximate surface area is 149 Å². The summed E-state index contributed by atoms with van der Waals surface area (Å²) in [5.41, 5.74) is 5.50. The fourth-order valence-electron chi connectivity index (χ4n) is 3.08. The molecule has 1 aromatic rings. The van der Waals surface area contributed by atoms with Crippen LogP contribution in [0.3, 0.4) is 0 Å². The Hall–Kier alpha value is -0.950. The number of hydrogen-bond donors (Lipinski definition) is 1. The second-order valence-corrected chi connectivity index (χ2v) is 7.39. The van der Waals surface area contributed by atoms with E-state index in [1.54, 1.807) is 11.3 Å². The number of hydrogen-bond acceptors (Lipinski definition) is 5. The zero-order chi connectivity index (χ0) is 17.2. The average molecular weight is 354 g/mol. The first-order valence-electron chi connectivity index (χ1n) is 9.01. The number of carbonyl (C=O) groups is 1. The summed E-state index contributed by atoms with van der Waals surface area (Å²) in [6.45, 7) is 4.92. The van der Waals surface area contributed by atoms with E-state index >= 15 is 0 Å². The summed E-state index contributed by atoms with van der Waals surface area (Å²) in [6, 6.07) is 4.54. The maximum Gasteiger partial charge on any atom is 0.222 e. The van der Waals surface area contributed by atoms with E-state index in [2.05, 4.69) is 22.4 Å². The van der Waals surface area contributed by atoms with Crippen LogP contribution in [0.2, 0.25) is 0 Å². The van der Waals surface area contributed by atoms with Crippen molar-refractivity contribution in [3.63, 3.8) is 0 Å². The summed E-state index contributed by atoms with van der Waals surface area (Å²) in [7, 11) is 1.93. The molecular weight excluding hydrogens is 322 g/mol. The fourth-order valence-corrected chi connectivity index (χ4v) is 3.93. The lowest BCUT2D eigenvalue weighted by molar-refractivity contribution is -0.131. The number of morpholine rings is 1. The molecule has 2 N–H and O–H groups in total. The van der Waals surface area contributed by atoms with Gasteiger partial charge in [0.25, 0.3) is 0 Å². The Bertz CT molecular complexity index is 461. The van der Waals surface area contributed by atoms with Crippen molar-refractivity contribution in [3.05, 3.63) is 22.4 Å². The third kappa shape index (κ3) is 6.16. The molecular formula is C18H31N3O2S. The Morgan fingerprint density at radius 2 is 2.08 bits per heavy atom. The predicted octanol–water partition coefficient (Wildman–Crippen LogP) is 2.49. The number of nitrogens with two attached hydrogens (primary N) is 1. The zero-order valence-corrected chi connectivity index (χ0v) is 15.6. The van der Waals surface area contributed by atoms with Crippen LogP contribution in [-0.2, 0) is 9.53 Å². The summed E-state index contributed by atoms with van der Waals surface area (Å²) in [4.78, 5) is 18.1. The highest BCUT2D eigenvalue weighted by Crippen LogP contribution is 2.27. The lowest BCUT2D eigenvalue weighted by atomic mass is 10.1. The van der Waals surface area contributed by atoms with Crippen molar-refractivity contribution < 1.29 is 9.53 Å². The van der Waals surface area contributed by atoms with Gasteiger partial charge in [-0.05, 0) is 30.8 Å². The third-order valence-corrected chi connectivity index (χ3v) is 5.55. The lowest BCUT2D eigenvalue weighted by Gasteiger charge is -2.36. The molecule has 136 valence electrons. The molecule has 0 saturated carbocycles. The zero-order valence-electron chi connectivity index (χ0n) is 14.8. The van der Waals surface area contributed by atoms with E-state index in [-0.39, 0.29) is 11.9 Å². The van der Waals surface area contributed by atoms with Gasteiger partial charge in [-0.1, -0.05) is 18.9 Å². The van der Waals surface area contributed by atoms with Gasteiger partial charge in [-0.15, -0.1) is 11.3 Å². The summed E-state index contributed by atoms with van der Waals surface area (Å²) >= 11 is 1.77. The number of ether oxygens (including phenoxy) is 1. The van der Waals surface area contributed by atoms with Crippen LogP contribution >= 0.6 is 11.3 Å². The molecule has 6 heteroatoms. The highest BCUT2D eigenvalue weighted by molar-refractivity contribution is 7.10. The maximum absolute atomic E-state index is 12.4. The van der Waals surface area contributed by atoms with Gasteiger partial charge in [0.1, 0.15) is 0 Å². The van der Waals surface area contributed by atoms with Gasteiger partial charge in [0.15, 0.2) is 0 Å². The molecule has 0 radical (unpaired) electrons. The number of carbonyl (C=O) groups excluding carboxylic acids is 1. The molecule has 1 fully saturated rings. The standard InChI is InChI=1S/C18H31N3O2S/c1-20(18(22)8-4-2-3-5-9-19)15-16(17-7-6-14-24-17)21-10-12-23-13-11-21/h6-7,14,16H,2-5,8-13,15,19H2,1H3. The van der Waals surface area contributed by atoms with Gasteiger partial charge in [0.2, 0.25) is 5.91 Å². The lowest BCUT2D eigenvalue weighted by Crippen LogP contribution is -2.44. The van der Waals surface area contributed by atoms with Crippen LogP contribution < -0.4 is 5.73 Å². The van der Waals surface area contributed by atoms with Crippen molar-refractivity contribution >= 4 is 17.2 Å². The van der Waals surface area contributed by atoms with E-state index in [1.807, 2.05) is 11.9 Å². The molecule has 2 heterocycles. The summed E-state index contributed by atoms with van der Waals surface area (Å²) in [6.07, 6.45) is 4.88. The Morgan fingerprint density at radius 1 is 1.33 bits per heavy atom. The monoisotopic (exact) mass is 353 g/mol. The molecule has 1 atom stereocenters. The van der Waals surface area contributed by atoms with Crippen molar-refractivity contribution in [2.24, 2.45) is 5.73 Å². The Kier molecular flexibility index (Phi) is 8.74. The van der Waals surface area contributed by atoms with Crippen molar-refractivity contribution in [1.82, 2.24) is 9.80 Å². The molecule has 1 unspecified atom stereocenters. The molecule has 1 saturated heterocycles. The minimum absolute atomic E-state index is 0.248. The number of likely N-dealkylation sites (N-methyl/N-ethyl adjacent to an activating group) is 1. The molecule has 1 aromatic heterocycles. The first-order chi connectivity index (χ1) is 11.7. The maximum atomic E-state index is 12.4. The highest BCUT2D eigenvalue weighted by atomic mass is 32.1. The molecule has 0 aliphatic carbocycles. The van der Waals surface area contributed by atoms with Crippen molar-refractivity contribution in [2.45, 2.75) is 38.1 Å². The third-order valence-electron chi connectivity index (χ3n) is 4.58. The van der Waals surface area contributed by atoms with E-state index in [1.165, 1.54) is 4.88 Å². The Morgan fingerprint density at radius 3 is 2.75 bits per heavy atom. The van der Waals surface area contributed by atoms with E-state index in [4.69, 9.17) is 10.5 Å². The van der Waals surface area contributed by atoms with Crippen LogP contribution in [0.1, 0.15) is 43.0 Å². The first kappa shape index (κ1) is 19.4. The van der Waals surface area contributed by atoms with E-state index < -0.39 is 0 Å². The minimum atomic E-state index is 0.248. The smallest absolute Gasteiger partial charge is 0.222 e. The molecule has 1 aliphatic heterocycles. The minimum Gasteiger partial charge on any atom is -0.379 e. The fraction of sp³-hybridized carbons (Fsp3) is 0.722. The molecule has 5 nitrogen and oxygen atoms in total. The second kappa shape index (κ2) is 10.8. The molecule has 1 aliphatic rings. The van der Waals surface area contributed by atoms with Crippen molar-refractivity contribution in [2.75, 3.05) is 46.4 Å². The largest absolute Gasteiger partial charge is 0.379 e. The quantitative estimate of drug-likeness (QED) is 0.657. The van der Waals surface area contributed by atoms with E-state index in [9.17, 15) is 4.79 Å². The topological polar surface area (TPSA) is 58.8 Å². The van der Waals surface area contributed by atoms with E-state index in [0.29, 0.717) is 6.42 Å². The summed E-state index contributed by atoms with van der Waals surface area (Å²) in [5, 5.41) is 2.11. The number of nitrogens with zero attached hydrogens (tertiary/aromatic N) is 2. The van der Waals surface area contributed by atoms with Gasteiger partial charge in [-0.2, -0.15) is 0 Å². The average Bonchev–Trinajstić information content (AvgIpc) is 3.14. The van der Waals surface area contributed by atoms with Crippen LogP contribution in [0, 0.1) is 0 Å². The van der Waals surface area contributed by atoms with Crippen LogP contribution in [0.25, 0.3) is 0 Å². The van der Waals surface area contributed by atoms with Crippen LogP contribution in [0.4, 0.5) is 0 Å². The van der Waals surface area contributed by atoms with Crippen LogP contribution in [0.15, 0.2) is 17.5 Å². The molecule has 0 spiro atoms. The van der Waals surface area contributed by atoms with Gasteiger partial charge < -0.3 is 15.4 Å². The molecule has 24 heavy (non-hydrogen) atoms. The predicted molar refractivity (Wildman–Crippen MR) is 99.2 cm³/mol. The first-order valence-corrected chi connectivity index (χ1v) is 9.89. The van der Waals surface area contributed by atoms with Gasteiger partial charge in [0.05, 0.1) is 19.3 Å². The molecule has 0 aromatic carbocycles. The van der Waals surface area contributed by atoms with Gasteiger partial charge >= 0.3 is 0 Å². The van der Waals surface area contributed by atoms with E-state index in [0.717, 1.165) is 65.1 Å².